The van der Waals surface area contributed by atoms with Crippen LogP contribution >= 0.6 is 11.3 Å². The minimum Gasteiger partial charge on any atom is -0.453 e. The van der Waals surface area contributed by atoms with Crippen molar-refractivity contribution in [2.75, 3.05) is 19.0 Å². The fourth-order valence-electron chi connectivity index (χ4n) is 4.27. The van der Waals surface area contributed by atoms with E-state index >= 15 is 0 Å². The summed E-state index contributed by atoms with van der Waals surface area (Å²) < 4.78 is 6.66. The van der Waals surface area contributed by atoms with Gasteiger partial charge in [-0.1, -0.05) is 22.9 Å². The molecule has 0 atom stereocenters. The number of nitrogens with one attached hydrogen (secondary N) is 2. The van der Waals surface area contributed by atoms with E-state index in [0.717, 1.165) is 57.1 Å². The second-order valence-corrected chi connectivity index (χ2v) is 9.10. The number of benzene rings is 1. The van der Waals surface area contributed by atoms with Gasteiger partial charge in [0, 0.05) is 35.6 Å². The summed E-state index contributed by atoms with van der Waals surface area (Å²) in [5, 5.41) is 11.0. The third-order valence-corrected chi connectivity index (χ3v) is 6.88. The first-order chi connectivity index (χ1) is 17.0. The molecule has 9 nitrogen and oxygen atoms in total. The Morgan fingerprint density at radius 2 is 2.11 bits per heavy atom. The monoisotopic (exact) mass is 486 g/mol. The van der Waals surface area contributed by atoms with Crippen LogP contribution in [0.1, 0.15) is 28.5 Å². The highest BCUT2D eigenvalue weighted by Crippen LogP contribution is 2.43. The number of aryl methyl sites for hydroxylation is 1. The lowest BCUT2D eigenvalue weighted by atomic mass is 9.91. The molecule has 0 aliphatic heterocycles. The van der Waals surface area contributed by atoms with E-state index in [0.29, 0.717) is 17.2 Å². The van der Waals surface area contributed by atoms with Gasteiger partial charge in [0.15, 0.2) is 5.13 Å². The van der Waals surface area contributed by atoms with Crippen molar-refractivity contribution >= 4 is 41.8 Å². The summed E-state index contributed by atoms with van der Waals surface area (Å²) in [5.41, 5.74) is 7.13. The molecule has 35 heavy (non-hydrogen) atoms. The van der Waals surface area contributed by atoms with E-state index in [1.54, 1.807) is 6.20 Å². The number of amides is 2. The van der Waals surface area contributed by atoms with Crippen molar-refractivity contribution in [1.82, 2.24) is 25.1 Å². The molecule has 11 heteroatoms. The van der Waals surface area contributed by atoms with Gasteiger partial charge < -0.3 is 10.1 Å². The molecule has 3 heterocycles. The summed E-state index contributed by atoms with van der Waals surface area (Å²) in [5.74, 6) is -0.107. The van der Waals surface area contributed by atoms with Gasteiger partial charge in [0.05, 0.1) is 34.8 Å². The summed E-state index contributed by atoms with van der Waals surface area (Å²) in [6.07, 6.45) is 4.48. The molecular weight excluding hydrogens is 463 g/mol. The number of ether oxygens (including phenoxy) is 1. The van der Waals surface area contributed by atoms with Gasteiger partial charge in [0.25, 0.3) is 5.91 Å². The van der Waals surface area contributed by atoms with Crippen LogP contribution in [0, 0.1) is 0 Å². The molecular formula is C24H23BN6O3S. The fourth-order valence-corrected chi connectivity index (χ4v) is 5.32. The Morgan fingerprint density at radius 1 is 1.26 bits per heavy atom. The number of pyridine rings is 1. The molecule has 2 N–H and O–H groups in total. The van der Waals surface area contributed by atoms with Crippen molar-refractivity contribution in [2.24, 2.45) is 0 Å². The standard InChI is InChI=1S/C24H23BN6O3S/c1-3-27-22(32)13-6-9-18(16(25)11-13)31-20-15(19(30-31)14-5-4-10-26-12-14)7-8-17-21(20)35-23(28-17)29-24(33)34-2/h4-6,9-12H,3,7-8,25H2,1-2H3,(H,27,32)(H,28,29,33). The average Bonchev–Trinajstić information content (AvgIpc) is 3.45. The van der Waals surface area contributed by atoms with Crippen LogP contribution in [0.4, 0.5) is 9.93 Å². The number of methoxy groups -OCH3 is 1. The Labute approximate surface area is 207 Å². The van der Waals surface area contributed by atoms with Crippen molar-refractivity contribution < 1.29 is 14.3 Å². The van der Waals surface area contributed by atoms with Crippen LogP contribution in [-0.4, -0.2) is 53.2 Å². The molecule has 0 spiro atoms. The minimum absolute atomic E-state index is 0.107. The third-order valence-electron chi connectivity index (χ3n) is 5.86. The van der Waals surface area contributed by atoms with Crippen LogP contribution in [0.3, 0.4) is 0 Å². The Balaban J connectivity index is 1.68. The van der Waals surface area contributed by atoms with Crippen LogP contribution in [0.5, 0.6) is 0 Å². The lowest BCUT2D eigenvalue weighted by Crippen LogP contribution is -2.25. The Bertz CT molecular complexity index is 1430. The van der Waals surface area contributed by atoms with E-state index in [1.807, 2.05) is 56.0 Å². The van der Waals surface area contributed by atoms with Crippen LogP contribution in [0.25, 0.3) is 27.5 Å². The topological polar surface area (TPSA) is 111 Å². The molecule has 0 saturated heterocycles. The summed E-state index contributed by atoms with van der Waals surface area (Å²) in [6, 6.07) is 9.50. The highest BCUT2D eigenvalue weighted by atomic mass is 32.1. The number of hydrogen-bond donors (Lipinski definition) is 2. The Hall–Kier alpha value is -3.99. The van der Waals surface area contributed by atoms with Crippen molar-refractivity contribution in [3.05, 3.63) is 59.5 Å². The van der Waals surface area contributed by atoms with Crippen molar-refractivity contribution in [2.45, 2.75) is 19.8 Å². The van der Waals surface area contributed by atoms with Crippen molar-refractivity contribution in [3.8, 4) is 27.5 Å². The summed E-state index contributed by atoms with van der Waals surface area (Å²) in [6.45, 7) is 2.46. The molecule has 4 aromatic rings. The highest BCUT2D eigenvalue weighted by molar-refractivity contribution is 7.19. The van der Waals surface area contributed by atoms with Gasteiger partial charge >= 0.3 is 6.09 Å². The molecule has 0 saturated carbocycles. The predicted octanol–water partition coefficient (Wildman–Crippen LogP) is 2.34. The van der Waals surface area contributed by atoms with Gasteiger partial charge in [-0.15, -0.1) is 0 Å². The lowest BCUT2D eigenvalue weighted by molar-refractivity contribution is 0.0956. The SMILES string of the molecule is Bc1cc(C(=O)NCC)ccc1-n1nc(-c2cccnc2)c2c1-c1sc(NC(=O)OC)nc1CC2. The van der Waals surface area contributed by atoms with Crippen LogP contribution in [0.15, 0.2) is 42.7 Å². The molecule has 0 radical (unpaired) electrons. The van der Waals surface area contributed by atoms with Crippen molar-refractivity contribution in [1.29, 1.82) is 0 Å². The van der Waals surface area contributed by atoms with Crippen LogP contribution in [0.2, 0.25) is 0 Å². The number of anilines is 1. The maximum absolute atomic E-state index is 12.4. The molecule has 176 valence electrons. The van der Waals surface area contributed by atoms with E-state index in [9.17, 15) is 9.59 Å². The largest absolute Gasteiger partial charge is 0.453 e. The lowest BCUT2D eigenvalue weighted by Gasteiger charge is -2.16. The first kappa shape index (κ1) is 22.8. The quantitative estimate of drug-likeness (QED) is 0.419. The zero-order valence-corrected chi connectivity index (χ0v) is 20.4. The average molecular weight is 486 g/mol. The minimum atomic E-state index is -0.558. The molecule has 1 aliphatic rings. The molecule has 2 amide bonds. The van der Waals surface area contributed by atoms with Gasteiger partial charge in [-0.25, -0.2) is 14.5 Å². The third kappa shape index (κ3) is 4.19. The van der Waals surface area contributed by atoms with Gasteiger partial charge in [0.1, 0.15) is 7.85 Å². The molecule has 0 bridgehead atoms. The Kier molecular flexibility index (Phi) is 6.08. The van der Waals surface area contributed by atoms with Gasteiger partial charge in [-0.2, -0.15) is 5.10 Å². The second kappa shape index (κ2) is 9.34. The Morgan fingerprint density at radius 3 is 2.83 bits per heavy atom. The maximum atomic E-state index is 12.4. The van der Waals surface area contributed by atoms with Crippen LogP contribution < -0.4 is 16.1 Å². The number of fused-ring (bicyclic) bond motifs is 3. The molecule has 5 rings (SSSR count). The number of thiazole rings is 1. The number of nitrogens with zero attached hydrogens (tertiary/aromatic N) is 4. The molecule has 0 fully saturated rings. The molecule has 1 aliphatic carbocycles. The van der Waals surface area contributed by atoms with Crippen LogP contribution in [-0.2, 0) is 17.6 Å². The number of carbonyl (C=O) groups excluding carboxylic acids is 2. The van der Waals surface area contributed by atoms with E-state index in [-0.39, 0.29) is 5.91 Å². The summed E-state index contributed by atoms with van der Waals surface area (Å²) in [4.78, 5) is 34.0. The molecule has 3 aromatic heterocycles. The van der Waals surface area contributed by atoms with Gasteiger partial charge in [-0.3, -0.25) is 15.1 Å². The van der Waals surface area contributed by atoms with E-state index in [1.165, 1.54) is 18.4 Å². The first-order valence-electron chi connectivity index (χ1n) is 11.3. The number of carbonyl (C=O) groups is 2. The summed E-state index contributed by atoms with van der Waals surface area (Å²) >= 11 is 1.40. The zero-order chi connectivity index (χ0) is 24.5. The van der Waals surface area contributed by atoms with Gasteiger partial charge in [0.2, 0.25) is 0 Å². The number of rotatable bonds is 5. The molecule has 1 aromatic carbocycles. The smallest absolute Gasteiger partial charge is 0.413 e. The summed E-state index contributed by atoms with van der Waals surface area (Å²) in [7, 11) is 3.29. The number of aromatic nitrogens is 4. The first-order valence-corrected chi connectivity index (χ1v) is 12.1. The zero-order valence-electron chi connectivity index (χ0n) is 19.6. The van der Waals surface area contributed by atoms with E-state index in [4.69, 9.17) is 9.84 Å². The molecule has 0 unspecified atom stereocenters. The number of hydrogen-bond acceptors (Lipinski definition) is 7. The maximum Gasteiger partial charge on any atom is 0.413 e. The van der Waals surface area contributed by atoms with E-state index in [2.05, 4.69) is 20.6 Å². The fraction of sp³-hybridized carbons (Fsp3) is 0.208. The normalized spacial score (nSPS) is 11.9. The highest BCUT2D eigenvalue weighted by Gasteiger charge is 2.30. The van der Waals surface area contributed by atoms with Crippen molar-refractivity contribution in [3.63, 3.8) is 0 Å². The predicted molar refractivity (Wildman–Crippen MR) is 138 cm³/mol. The van der Waals surface area contributed by atoms with Gasteiger partial charge in [-0.05, 0) is 44.0 Å². The second-order valence-electron chi connectivity index (χ2n) is 8.10. The van der Waals surface area contributed by atoms with E-state index < -0.39 is 6.09 Å².